The summed E-state index contributed by atoms with van der Waals surface area (Å²) in [6.07, 6.45) is 11.4. The molecule has 0 radical (unpaired) electrons. The van der Waals surface area contributed by atoms with Crippen LogP contribution in [0.3, 0.4) is 0 Å². The van der Waals surface area contributed by atoms with Crippen LogP contribution in [0.15, 0.2) is 0 Å². The largest absolute Gasteiger partial charge is 0.391 e. The highest BCUT2D eigenvalue weighted by Crippen LogP contribution is 2.25. The Balaban J connectivity index is 1.92. The molecule has 1 saturated heterocycles. The molecular weight excluding hydrogens is 210 g/mol. The van der Waals surface area contributed by atoms with E-state index in [9.17, 15) is 5.11 Å². The normalized spacial score (nSPS) is 38.1. The molecule has 1 saturated carbocycles. The van der Waals surface area contributed by atoms with Crippen molar-refractivity contribution >= 4 is 0 Å². The van der Waals surface area contributed by atoms with E-state index >= 15 is 0 Å². The van der Waals surface area contributed by atoms with Gasteiger partial charge in [-0.1, -0.05) is 32.6 Å². The van der Waals surface area contributed by atoms with Crippen molar-refractivity contribution in [2.75, 3.05) is 13.1 Å². The topological polar surface area (TPSA) is 23.5 Å². The molecule has 0 aromatic carbocycles. The van der Waals surface area contributed by atoms with Gasteiger partial charge in [0.05, 0.1) is 6.10 Å². The van der Waals surface area contributed by atoms with Crippen LogP contribution >= 0.6 is 0 Å². The quantitative estimate of drug-likeness (QED) is 0.759. The first-order valence-corrected chi connectivity index (χ1v) is 7.69. The Labute approximate surface area is 106 Å². The van der Waals surface area contributed by atoms with Crippen molar-refractivity contribution in [1.29, 1.82) is 0 Å². The van der Waals surface area contributed by atoms with E-state index in [1.165, 1.54) is 64.5 Å². The summed E-state index contributed by atoms with van der Waals surface area (Å²) in [6.45, 7) is 4.80. The molecule has 1 aliphatic heterocycles. The SMILES string of the molecule is CC1CCCN(C2CCCCCCC2O)CC1. The molecule has 2 nitrogen and oxygen atoms in total. The first-order valence-electron chi connectivity index (χ1n) is 7.69. The molecule has 3 atom stereocenters. The second-order valence-corrected chi connectivity index (χ2v) is 6.20. The molecule has 0 aromatic rings. The van der Waals surface area contributed by atoms with Gasteiger partial charge in [-0.25, -0.2) is 0 Å². The number of aliphatic hydroxyl groups is 1. The van der Waals surface area contributed by atoms with Crippen LogP contribution in [0, 0.1) is 5.92 Å². The maximum Gasteiger partial charge on any atom is 0.0695 e. The Morgan fingerprint density at radius 3 is 2.41 bits per heavy atom. The van der Waals surface area contributed by atoms with Gasteiger partial charge in [0.1, 0.15) is 0 Å². The summed E-state index contributed by atoms with van der Waals surface area (Å²) < 4.78 is 0. The summed E-state index contributed by atoms with van der Waals surface area (Å²) in [7, 11) is 0. The molecule has 100 valence electrons. The zero-order valence-electron chi connectivity index (χ0n) is 11.4. The second-order valence-electron chi connectivity index (χ2n) is 6.20. The van der Waals surface area contributed by atoms with Crippen molar-refractivity contribution < 1.29 is 5.11 Å². The summed E-state index contributed by atoms with van der Waals surface area (Å²) in [5.74, 6) is 0.880. The summed E-state index contributed by atoms with van der Waals surface area (Å²) >= 11 is 0. The van der Waals surface area contributed by atoms with E-state index in [4.69, 9.17) is 0 Å². The van der Waals surface area contributed by atoms with Gasteiger partial charge in [0.25, 0.3) is 0 Å². The first kappa shape index (κ1) is 13.4. The molecule has 2 fully saturated rings. The molecule has 17 heavy (non-hydrogen) atoms. The lowest BCUT2D eigenvalue weighted by Gasteiger charge is -2.35. The fourth-order valence-corrected chi connectivity index (χ4v) is 3.49. The summed E-state index contributed by atoms with van der Waals surface area (Å²) in [5, 5.41) is 10.3. The molecule has 2 rings (SSSR count). The lowest BCUT2D eigenvalue weighted by atomic mass is 9.93. The highest BCUT2D eigenvalue weighted by atomic mass is 16.3. The standard InChI is InChI=1S/C15H29NO/c1-13-7-6-11-16(12-10-13)14-8-4-2-3-5-9-15(14)17/h13-15,17H,2-12H2,1H3. The molecule has 2 aliphatic rings. The van der Waals surface area contributed by atoms with Crippen LogP contribution in [0.4, 0.5) is 0 Å². The minimum Gasteiger partial charge on any atom is -0.391 e. The van der Waals surface area contributed by atoms with Crippen LogP contribution in [0.5, 0.6) is 0 Å². The fourth-order valence-electron chi connectivity index (χ4n) is 3.49. The van der Waals surface area contributed by atoms with Crippen molar-refractivity contribution in [3.63, 3.8) is 0 Å². The first-order chi connectivity index (χ1) is 8.27. The van der Waals surface area contributed by atoms with Gasteiger partial charge < -0.3 is 5.11 Å². The predicted molar refractivity (Wildman–Crippen MR) is 72.1 cm³/mol. The Morgan fingerprint density at radius 1 is 0.824 bits per heavy atom. The van der Waals surface area contributed by atoms with Crippen LogP contribution in [-0.2, 0) is 0 Å². The molecule has 0 bridgehead atoms. The zero-order chi connectivity index (χ0) is 12.1. The van der Waals surface area contributed by atoms with E-state index in [2.05, 4.69) is 11.8 Å². The predicted octanol–water partition coefficient (Wildman–Crippen LogP) is 3.19. The molecule has 0 spiro atoms. The average molecular weight is 239 g/mol. The fraction of sp³-hybridized carbons (Fsp3) is 1.00. The average Bonchev–Trinajstić information content (AvgIpc) is 2.50. The van der Waals surface area contributed by atoms with Gasteiger partial charge in [0.15, 0.2) is 0 Å². The third-order valence-corrected chi connectivity index (χ3v) is 4.71. The van der Waals surface area contributed by atoms with Crippen LogP contribution in [0.2, 0.25) is 0 Å². The van der Waals surface area contributed by atoms with Crippen LogP contribution in [-0.4, -0.2) is 35.2 Å². The maximum absolute atomic E-state index is 10.3. The lowest BCUT2D eigenvalue weighted by molar-refractivity contribution is 0.0324. The van der Waals surface area contributed by atoms with Crippen molar-refractivity contribution in [3.05, 3.63) is 0 Å². The van der Waals surface area contributed by atoms with Gasteiger partial charge in [-0.05, 0) is 51.1 Å². The van der Waals surface area contributed by atoms with Gasteiger partial charge in [-0.2, -0.15) is 0 Å². The highest BCUT2D eigenvalue weighted by molar-refractivity contribution is 4.82. The van der Waals surface area contributed by atoms with Gasteiger partial charge >= 0.3 is 0 Å². The van der Waals surface area contributed by atoms with Crippen molar-refractivity contribution in [2.45, 2.75) is 76.9 Å². The molecule has 0 amide bonds. The van der Waals surface area contributed by atoms with E-state index in [1.807, 2.05) is 0 Å². The number of rotatable bonds is 1. The second kappa shape index (κ2) is 6.75. The maximum atomic E-state index is 10.3. The number of hydrogen-bond acceptors (Lipinski definition) is 2. The molecule has 2 heteroatoms. The molecule has 0 aromatic heterocycles. The van der Waals surface area contributed by atoms with E-state index in [0.29, 0.717) is 6.04 Å². The van der Waals surface area contributed by atoms with Crippen molar-refractivity contribution in [3.8, 4) is 0 Å². The van der Waals surface area contributed by atoms with Crippen molar-refractivity contribution in [2.24, 2.45) is 5.92 Å². The zero-order valence-corrected chi connectivity index (χ0v) is 11.4. The van der Waals surface area contributed by atoms with E-state index in [-0.39, 0.29) is 6.10 Å². The van der Waals surface area contributed by atoms with E-state index in [0.717, 1.165) is 12.3 Å². The third-order valence-electron chi connectivity index (χ3n) is 4.71. The highest BCUT2D eigenvalue weighted by Gasteiger charge is 2.27. The number of hydrogen-bond donors (Lipinski definition) is 1. The molecule has 1 aliphatic carbocycles. The summed E-state index contributed by atoms with van der Waals surface area (Å²) in [4.78, 5) is 2.60. The van der Waals surface area contributed by atoms with Gasteiger partial charge in [0.2, 0.25) is 0 Å². The Bertz CT molecular complexity index is 219. The van der Waals surface area contributed by atoms with E-state index < -0.39 is 0 Å². The minimum absolute atomic E-state index is 0.0660. The van der Waals surface area contributed by atoms with Crippen LogP contribution in [0.1, 0.15) is 64.7 Å². The smallest absolute Gasteiger partial charge is 0.0695 e. The summed E-state index contributed by atoms with van der Waals surface area (Å²) in [6, 6.07) is 0.459. The Kier molecular flexibility index (Phi) is 5.30. The van der Waals surface area contributed by atoms with Gasteiger partial charge in [-0.15, -0.1) is 0 Å². The summed E-state index contributed by atoms with van der Waals surface area (Å²) in [5.41, 5.74) is 0. The van der Waals surface area contributed by atoms with Gasteiger partial charge in [0, 0.05) is 6.04 Å². The van der Waals surface area contributed by atoms with Crippen molar-refractivity contribution in [1.82, 2.24) is 4.90 Å². The number of likely N-dealkylation sites (tertiary alicyclic amines) is 1. The van der Waals surface area contributed by atoms with E-state index in [1.54, 1.807) is 0 Å². The lowest BCUT2D eigenvalue weighted by Crippen LogP contribution is -2.44. The monoisotopic (exact) mass is 239 g/mol. The number of nitrogens with zero attached hydrogens (tertiary/aromatic N) is 1. The minimum atomic E-state index is -0.0660. The molecule has 1 heterocycles. The number of aliphatic hydroxyl groups excluding tert-OH is 1. The van der Waals surface area contributed by atoms with Crippen LogP contribution < -0.4 is 0 Å². The Morgan fingerprint density at radius 2 is 1.59 bits per heavy atom. The molecule has 1 N–H and O–H groups in total. The Hall–Kier alpha value is -0.0800. The molecular formula is C15H29NO. The third kappa shape index (κ3) is 3.96. The molecule has 3 unspecified atom stereocenters. The van der Waals surface area contributed by atoms with Crippen LogP contribution in [0.25, 0.3) is 0 Å². The van der Waals surface area contributed by atoms with Gasteiger partial charge in [-0.3, -0.25) is 4.90 Å².